The number of hydrogen-bond donors (Lipinski definition) is 0. The summed E-state index contributed by atoms with van der Waals surface area (Å²) in [5.41, 5.74) is 0. The number of hydrogen-bond acceptors (Lipinski definition) is 6. The normalized spacial score (nSPS) is 12.5. The smallest absolute Gasteiger partial charge is 0.306 e. The van der Waals surface area contributed by atoms with Crippen LogP contribution in [0.4, 0.5) is 0 Å². The van der Waals surface area contributed by atoms with Gasteiger partial charge >= 0.3 is 17.9 Å². The Balaban J connectivity index is 4.38. The summed E-state index contributed by atoms with van der Waals surface area (Å²) in [7, 11) is 0. The van der Waals surface area contributed by atoms with Crippen LogP contribution in [-0.4, -0.2) is 37.2 Å². The second-order valence-corrected chi connectivity index (χ2v) is 17.4. The highest BCUT2D eigenvalue weighted by Crippen LogP contribution is 2.14. The number of ether oxygens (including phenoxy) is 3. The first kappa shape index (κ1) is 59.1. The molecule has 0 radical (unpaired) electrons. The summed E-state index contributed by atoms with van der Waals surface area (Å²) in [5.74, 6) is -0.971. The summed E-state index contributed by atoms with van der Waals surface area (Å²) >= 11 is 0. The Morgan fingerprint density at radius 3 is 1.08 bits per heavy atom. The second kappa shape index (κ2) is 50.8. The Labute approximate surface area is 383 Å². The van der Waals surface area contributed by atoms with Gasteiger partial charge in [-0.3, -0.25) is 14.4 Å². The van der Waals surface area contributed by atoms with Crippen molar-refractivity contribution in [1.82, 2.24) is 0 Å². The summed E-state index contributed by atoms with van der Waals surface area (Å²) in [6.07, 6.45) is 62.2. The lowest BCUT2D eigenvalue weighted by Gasteiger charge is -2.18. The van der Waals surface area contributed by atoms with E-state index >= 15 is 0 Å². The molecule has 0 amide bonds. The maximum Gasteiger partial charge on any atom is 0.306 e. The Morgan fingerprint density at radius 2 is 0.645 bits per heavy atom. The lowest BCUT2D eigenvalue weighted by atomic mass is 10.1. The third kappa shape index (κ3) is 48.1. The average molecular weight is 867 g/mol. The van der Waals surface area contributed by atoms with Crippen molar-refractivity contribution in [3.8, 4) is 0 Å². The van der Waals surface area contributed by atoms with Crippen LogP contribution >= 0.6 is 0 Å². The van der Waals surface area contributed by atoms with Gasteiger partial charge < -0.3 is 14.2 Å². The summed E-state index contributed by atoms with van der Waals surface area (Å²) in [6, 6.07) is 0. The zero-order valence-corrected chi connectivity index (χ0v) is 40.9. The molecule has 0 aromatic heterocycles. The molecule has 1 atom stereocenters. The highest BCUT2D eigenvalue weighted by Gasteiger charge is 2.19. The van der Waals surface area contributed by atoms with Crippen LogP contribution in [0, 0.1) is 0 Å². The minimum Gasteiger partial charge on any atom is -0.462 e. The number of unbranched alkanes of at least 4 members (excludes halogenated alkanes) is 26. The number of allylic oxidation sites excluding steroid dienone is 10. The molecule has 0 aliphatic carbocycles. The maximum atomic E-state index is 12.8. The van der Waals surface area contributed by atoms with E-state index in [-0.39, 0.29) is 37.5 Å². The molecule has 0 saturated carbocycles. The van der Waals surface area contributed by atoms with Crippen molar-refractivity contribution in [2.45, 2.75) is 264 Å². The van der Waals surface area contributed by atoms with E-state index in [4.69, 9.17) is 14.2 Å². The maximum absolute atomic E-state index is 12.8. The van der Waals surface area contributed by atoms with Gasteiger partial charge in [-0.15, -0.1) is 0 Å². The minimum absolute atomic E-state index is 0.0978. The van der Waals surface area contributed by atoms with Gasteiger partial charge in [0.25, 0.3) is 0 Å². The van der Waals surface area contributed by atoms with E-state index in [1.165, 1.54) is 135 Å². The quantitative estimate of drug-likeness (QED) is 0.0262. The Morgan fingerprint density at radius 1 is 0.339 bits per heavy atom. The van der Waals surface area contributed by atoms with Gasteiger partial charge in [0.15, 0.2) is 6.10 Å². The summed E-state index contributed by atoms with van der Waals surface area (Å²) < 4.78 is 16.7. The molecule has 0 heterocycles. The van der Waals surface area contributed by atoms with E-state index in [9.17, 15) is 14.4 Å². The fraction of sp³-hybridized carbons (Fsp3) is 0.768. The number of esters is 3. The molecule has 0 N–H and O–H groups in total. The second-order valence-electron chi connectivity index (χ2n) is 17.4. The molecule has 0 rings (SSSR count). The van der Waals surface area contributed by atoms with Gasteiger partial charge in [0.1, 0.15) is 13.2 Å². The number of carbonyl (C=O) groups excluding carboxylic acids is 3. The molecule has 1 unspecified atom stereocenters. The van der Waals surface area contributed by atoms with Crippen LogP contribution in [0.2, 0.25) is 0 Å². The molecule has 62 heavy (non-hydrogen) atoms. The summed E-state index contributed by atoms with van der Waals surface area (Å²) in [6.45, 7) is 6.46. The molecule has 0 bridgehead atoms. The van der Waals surface area contributed by atoms with Crippen LogP contribution in [0.3, 0.4) is 0 Å². The molecular weight excluding hydrogens is 769 g/mol. The molecule has 0 fully saturated rings. The topological polar surface area (TPSA) is 78.9 Å². The van der Waals surface area contributed by atoms with E-state index in [0.717, 1.165) is 77.0 Å². The highest BCUT2D eigenvalue weighted by molar-refractivity contribution is 5.71. The van der Waals surface area contributed by atoms with Crippen LogP contribution in [0.5, 0.6) is 0 Å². The van der Waals surface area contributed by atoms with Crippen LogP contribution < -0.4 is 0 Å². The van der Waals surface area contributed by atoms with Crippen molar-refractivity contribution in [2.75, 3.05) is 13.2 Å². The van der Waals surface area contributed by atoms with Gasteiger partial charge in [0, 0.05) is 19.3 Å². The Bertz CT molecular complexity index is 1130. The first-order valence-electron chi connectivity index (χ1n) is 26.3. The molecule has 358 valence electrons. The van der Waals surface area contributed by atoms with Gasteiger partial charge in [-0.25, -0.2) is 0 Å². The van der Waals surface area contributed by atoms with Gasteiger partial charge in [-0.05, 0) is 96.3 Å². The Hall–Kier alpha value is -2.89. The molecule has 0 aromatic rings. The van der Waals surface area contributed by atoms with Crippen molar-refractivity contribution in [3.63, 3.8) is 0 Å². The predicted octanol–water partition coefficient (Wildman–Crippen LogP) is 17.3. The summed E-state index contributed by atoms with van der Waals surface area (Å²) in [4.78, 5) is 37.9. The van der Waals surface area contributed by atoms with Gasteiger partial charge in [-0.2, -0.15) is 0 Å². The minimum atomic E-state index is -0.802. The lowest BCUT2D eigenvalue weighted by Crippen LogP contribution is -2.30. The van der Waals surface area contributed by atoms with Gasteiger partial charge in [0.2, 0.25) is 0 Å². The van der Waals surface area contributed by atoms with E-state index in [0.29, 0.717) is 19.3 Å². The van der Waals surface area contributed by atoms with Crippen molar-refractivity contribution in [3.05, 3.63) is 60.8 Å². The van der Waals surface area contributed by atoms with Gasteiger partial charge in [0.05, 0.1) is 0 Å². The van der Waals surface area contributed by atoms with E-state index in [2.05, 4.69) is 81.5 Å². The third-order valence-electron chi connectivity index (χ3n) is 11.2. The first-order chi connectivity index (χ1) is 30.5. The van der Waals surface area contributed by atoms with E-state index in [1.807, 2.05) is 0 Å². The molecule has 6 heteroatoms. The third-order valence-corrected chi connectivity index (χ3v) is 11.2. The van der Waals surface area contributed by atoms with Crippen LogP contribution in [-0.2, 0) is 28.6 Å². The monoisotopic (exact) mass is 867 g/mol. The molecule has 0 spiro atoms. The fourth-order valence-corrected chi connectivity index (χ4v) is 7.28. The van der Waals surface area contributed by atoms with Crippen molar-refractivity contribution < 1.29 is 28.6 Å². The number of rotatable bonds is 47. The van der Waals surface area contributed by atoms with Crippen LogP contribution in [0.1, 0.15) is 258 Å². The van der Waals surface area contributed by atoms with Crippen molar-refractivity contribution in [1.29, 1.82) is 0 Å². The van der Waals surface area contributed by atoms with E-state index in [1.54, 1.807) is 0 Å². The largest absolute Gasteiger partial charge is 0.462 e. The molecular formula is C56H98O6. The van der Waals surface area contributed by atoms with Gasteiger partial charge in [-0.1, -0.05) is 204 Å². The van der Waals surface area contributed by atoms with Crippen molar-refractivity contribution >= 4 is 17.9 Å². The summed E-state index contributed by atoms with van der Waals surface area (Å²) in [5, 5.41) is 0. The molecule has 0 saturated heterocycles. The zero-order valence-electron chi connectivity index (χ0n) is 40.9. The Kier molecular flexibility index (Phi) is 48.4. The molecule has 0 aliphatic heterocycles. The van der Waals surface area contributed by atoms with Crippen LogP contribution in [0.15, 0.2) is 60.8 Å². The molecule has 0 aromatic carbocycles. The molecule has 6 nitrogen and oxygen atoms in total. The van der Waals surface area contributed by atoms with Crippen molar-refractivity contribution in [2.24, 2.45) is 0 Å². The number of carbonyl (C=O) groups is 3. The fourth-order valence-electron chi connectivity index (χ4n) is 7.28. The van der Waals surface area contributed by atoms with E-state index < -0.39 is 6.10 Å². The predicted molar refractivity (Wildman–Crippen MR) is 265 cm³/mol. The highest BCUT2D eigenvalue weighted by atomic mass is 16.6. The standard InChI is InChI=1S/C56H98O6/c1-4-7-10-13-16-19-22-24-26-27-28-29-30-32-34-37-40-43-46-49-55(58)61-52-53(51-60-54(57)48-45-42-39-36-33-21-18-15-12-9-6-3)62-56(59)50-47-44-41-38-35-31-25-23-20-17-14-11-8-5-2/h9,12,18,21,27-28,31,35-36,39,53H,4-8,10-11,13-17,19-20,22-26,29-30,32-34,37-38,40-52H2,1-3H3/b12-9-,21-18-,28-27-,35-31-,39-36-. The first-order valence-corrected chi connectivity index (χ1v) is 26.3. The SMILES string of the molecule is CC/C=C\C/C=C\C/C=C\CCCC(=O)OCC(COC(=O)CCCCCCCCC/C=C\CCCCCCCCCC)OC(=O)CCCCC/C=C\CCCCCCCCC. The van der Waals surface area contributed by atoms with Crippen LogP contribution in [0.25, 0.3) is 0 Å². The lowest BCUT2D eigenvalue weighted by molar-refractivity contribution is -0.167. The average Bonchev–Trinajstić information content (AvgIpc) is 3.27. The molecule has 0 aliphatic rings. The zero-order chi connectivity index (χ0) is 45.1.